The predicted molar refractivity (Wildman–Crippen MR) is 34.5 cm³/mol. The van der Waals surface area contributed by atoms with Crippen molar-refractivity contribution in [1.29, 1.82) is 0 Å². The van der Waals surface area contributed by atoms with E-state index in [1.165, 1.54) is 6.26 Å². The number of aldehydes is 1. The minimum absolute atomic E-state index is 0.256. The van der Waals surface area contributed by atoms with Crippen molar-refractivity contribution in [3.63, 3.8) is 0 Å². The van der Waals surface area contributed by atoms with Crippen molar-refractivity contribution in [1.82, 2.24) is 4.98 Å². The SMILES string of the molecule is CC(N)c1nc(C=O)co1. The first-order valence-corrected chi connectivity index (χ1v) is 2.90. The van der Waals surface area contributed by atoms with Gasteiger partial charge in [-0.3, -0.25) is 4.79 Å². The number of carbonyl (C=O) groups is 1. The summed E-state index contributed by atoms with van der Waals surface area (Å²) in [6.07, 6.45) is 1.90. The third kappa shape index (κ3) is 1.22. The zero-order valence-electron chi connectivity index (χ0n) is 5.57. The van der Waals surface area contributed by atoms with Gasteiger partial charge >= 0.3 is 0 Å². The molecule has 0 aliphatic rings. The monoisotopic (exact) mass is 140 g/mol. The van der Waals surface area contributed by atoms with Crippen molar-refractivity contribution in [2.24, 2.45) is 5.73 Å². The van der Waals surface area contributed by atoms with E-state index in [1.54, 1.807) is 6.92 Å². The molecule has 1 atom stereocenters. The molecule has 2 N–H and O–H groups in total. The molecule has 0 spiro atoms. The lowest BCUT2D eigenvalue weighted by Gasteiger charge is -1.93. The average Bonchev–Trinajstić information content (AvgIpc) is 2.34. The van der Waals surface area contributed by atoms with Crippen LogP contribution in [0.1, 0.15) is 29.3 Å². The van der Waals surface area contributed by atoms with E-state index in [9.17, 15) is 4.79 Å². The zero-order valence-corrected chi connectivity index (χ0v) is 5.57. The third-order valence-electron chi connectivity index (χ3n) is 1.05. The smallest absolute Gasteiger partial charge is 0.211 e. The van der Waals surface area contributed by atoms with E-state index in [1.807, 2.05) is 0 Å². The van der Waals surface area contributed by atoms with E-state index in [4.69, 9.17) is 10.2 Å². The summed E-state index contributed by atoms with van der Waals surface area (Å²) in [5, 5.41) is 0. The quantitative estimate of drug-likeness (QED) is 0.607. The molecule has 0 saturated heterocycles. The van der Waals surface area contributed by atoms with Crippen LogP contribution in [0, 0.1) is 0 Å². The van der Waals surface area contributed by atoms with Gasteiger partial charge in [0.05, 0.1) is 6.04 Å². The second-order valence-electron chi connectivity index (χ2n) is 2.02. The van der Waals surface area contributed by atoms with Gasteiger partial charge in [-0.15, -0.1) is 0 Å². The summed E-state index contributed by atoms with van der Waals surface area (Å²) in [5.74, 6) is 0.391. The normalized spacial score (nSPS) is 13.0. The Kier molecular flexibility index (Phi) is 1.82. The molecule has 0 bridgehead atoms. The maximum Gasteiger partial charge on any atom is 0.211 e. The summed E-state index contributed by atoms with van der Waals surface area (Å²) in [6, 6.07) is -0.256. The highest BCUT2D eigenvalue weighted by Gasteiger charge is 2.05. The van der Waals surface area contributed by atoms with Crippen molar-refractivity contribution < 1.29 is 9.21 Å². The van der Waals surface area contributed by atoms with Gasteiger partial charge in [0, 0.05) is 0 Å². The van der Waals surface area contributed by atoms with Crippen LogP contribution in [0.2, 0.25) is 0 Å². The summed E-state index contributed by atoms with van der Waals surface area (Å²) in [5.41, 5.74) is 5.69. The number of nitrogens with zero attached hydrogens (tertiary/aromatic N) is 1. The molecular formula is C6H8N2O2. The Labute approximate surface area is 58.0 Å². The second-order valence-corrected chi connectivity index (χ2v) is 2.02. The van der Waals surface area contributed by atoms with E-state index in [0.29, 0.717) is 12.2 Å². The predicted octanol–water partition coefficient (Wildman–Crippen LogP) is 0.507. The Morgan fingerprint density at radius 1 is 1.90 bits per heavy atom. The number of nitrogens with two attached hydrogens (primary N) is 1. The number of aromatic nitrogens is 1. The second kappa shape index (κ2) is 2.62. The van der Waals surface area contributed by atoms with Gasteiger partial charge in [-0.05, 0) is 6.92 Å². The molecule has 1 aromatic rings. The van der Waals surface area contributed by atoms with Crippen LogP contribution in [0.3, 0.4) is 0 Å². The standard InChI is InChI=1S/C6H8N2O2/c1-4(7)6-8-5(2-9)3-10-6/h2-4H,7H2,1H3. The van der Waals surface area contributed by atoms with Crippen molar-refractivity contribution in [2.45, 2.75) is 13.0 Å². The van der Waals surface area contributed by atoms with Gasteiger partial charge in [-0.1, -0.05) is 0 Å². The first kappa shape index (κ1) is 6.95. The van der Waals surface area contributed by atoms with Gasteiger partial charge in [0.1, 0.15) is 12.0 Å². The Morgan fingerprint density at radius 3 is 2.90 bits per heavy atom. The first-order valence-electron chi connectivity index (χ1n) is 2.90. The summed E-state index contributed by atoms with van der Waals surface area (Å²) in [4.78, 5) is 13.8. The van der Waals surface area contributed by atoms with E-state index < -0.39 is 0 Å². The number of carbonyl (C=O) groups excluding carboxylic acids is 1. The molecule has 0 saturated carbocycles. The van der Waals surface area contributed by atoms with E-state index >= 15 is 0 Å². The largest absolute Gasteiger partial charge is 0.447 e. The number of hydrogen-bond donors (Lipinski definition) is 1. The fourth-order valence-electron chi connectivity index (χ4n) is 0.564. The van der Waals surface area contributed by atoms with Crippen LogP contribution < -0.4 is 5.73 Å². The highest BCUT2D eigenvalue weighted by molar-refractivity contribution is 5.70. The molecule has 0 radical (unpaired) electrons. The van der Waals surface area contributed by atoms with E-state index in [-0.39, 0.29) is 11.7 Å². The minimum atomic E-state index is -0.256. The average molecular weight is 140 g/mol. The molecule has 4 heteroatoms. The Bertz CT molecular complexity index is 229. The van der Waals surface area contributed by atoms with Crippen LogP contribution in [-0.4, -0.2) is 11.3 Å². The van der Waals surface area contributed by atoms with Crippen molar-refractivity contribution >= 4 is 6.29 Å². The van der Waals surface area contributed by atoms with Gasteiger partial charge in [0.25, 0.3) is 0 Å². The third-order valence-corrected chi connectivity index (χ3v) is 1.05. The van der Waals surface area contributed by atoms with Crippen LogP contribution in [0.4, 0.5) is 0 Å². The Balaban J connectivity index is 2.88. The molecule has 1 rings (SSSR count). The van der Waals surface area contributed by atoms with Crippen LogP contribution >= 0.6 is 0 Å². The highest BCUT2D eigenvalue weighted by atomic mass is 16.3. The molecule has 10 heavy (non-hydrogen) atoms. The molecule has 4 nitrogen and oxygen atoms in total. The lowest BCUT2D eigenvalue weighted by Crippen LogP contribution is -2.05. The molecule has 54 valence electrons. The molecule has 0 fully saturated rings. The number of hydrogen-bond acceptors (Lipinski definition) is 4. The molecule has 0 aromatic carbocycles. The number of rotatable bonds is 2. The summed E-state index contributed by atoms with van der Waals surface area (Å²) in [6.45, 7) is 1.74. The lowest BCUT2D eigenvalue weighted by atomic mass is 10.4. The molecule has 0 amide bonds. The first-order chi connectivity index (χ1) is 4.74. The summed E-state index contributed by atoms with van der Waals surface area (Å²) in [7, 11) is 0. The molecule has 0 aliphatic heterocycles. The van der Waals surface area contributed by atoms with Crippen molar-refractivity contribution in [3.05, 3.63) is 17.8 Å². The fraction of sp³-hybridized carbons (Fsp3) is 0.333. The molecule has 1 aromatic heterocycles. The lowest BCUT2D eigenvalue weighted by molar-refractivity contribution is 0.111. The summed E-state index contributed by atoms with van der Waals surface area (Å²) >= 11 is 0. The van der Waals surface area contributed by atoms with Crippen LogP contribution in [0.5, 0.6) is 0 Å². The number of oxazole rings is 1. The maximum absolute atomic E-state index is 10.1. The van der Waals surface area contributed by atoms with Gasteiger partial charge in [-0.25, -0.2) is 4.98 Å². The van der Waals surface area contributed by atoms with E-state index in [0.717, 1.165) is 0 Å². The topological polar surface area (TPSA) is 69.1 Å². The van der Waals surface area contributed by atoms with Gasteiger partial charge < -0.3 is 10.2 Å². The maximum atomic E-state index is 10.1. The Hall–Kier alpha value is -1.16. The van der Waals surface area contributed by atoms with Crippen LogP contribution in [0.15, 0.2) is 10.7 Å². The van der Waals surface area contributed by atoms with Crippen molar-refractivity contribution in [3.8, 4) is 0 Å². The highest BCUT2D eigenvalue weighted by Crippen LogP contribution is 2.06. The molecular weight excluding hydrogens is 132 g/mol. The van der Waals surface area contributed by atoms with Gasteiger partial charge in [-0.2, -0.15) is 0 Å². The molecule has 1 unspecified atom stereocenters. The zero-order chi connectivity index (χ0) is 7.56. The molecule has 0 aliphatic carbocycles. The Morgan fingerprint density at radius 2 is 2.60 bits per heavy atom. The van der Waals surface area contributed by atoms with Crippen LogP contribution in [-0.2, 0) is 0 Å². The van der Waals surface area contributed by atoms with E-state index in [2.05, 4.69) is 4.98 Å². The van der Waals surface area contributed by atoms with Crippen LogP contribution in [0.25, 0.3) is 0 Å². The van der Waals surface area contributed by atoms with Gasteiger partial charge in [0.15, 0.2) is 6.29 Å². The van der Waals surface area contributed by atoms with Crippen molar-refractivity contribution in [2.75, 3.05) is 0 Å². The van der Waals surface area contributed by atoms with Gasteiger partial charge in [0.2, 0.25) is 5.89 Å². The minimum Gasteiger partial charge on any atom is -0.447 e. The fourth-order valence-corrected chi connectivity index (χ4v) is 0.564. The molecule has 1 heterocycles. The summed E-state index contributed by atoms with van der Waals surface area (Å²) < 4.78 is 4.85.